The predicted molar refractivity (Wildman–Crippen MR) is 155 cm³/mol. The van der Waals surface area contributed by atoms with Crippen LogP contribution in [-0.2, 0) is 23.3 Å². The van der Waals surface area contributed by atoms with Crippen LogP contribution in [0.25, 0.3) is 11.1 Å². The molecule has 0 saturated carbocycles. The molecular formula is C32H35N3O5. The molecule has 4 aromatic rings. The van der Waals surface area contributed by atoms with Crippen molar-refractivity contribution in [2.45, 2.75) is 65.7 Å². The summed E-state index contributed by atoms with van der Waals surface area (Å²) in [6, 6.07) is 20.8. The van der Waals surface area contributed by atoms with E-state index in [1.165, 1.54) is 16.2 Å². The monoisotopic (exact) mass is 541 g/mol. The minimum atomic E-state index is -0.809. The second-order valence-electron chi connectivity index (χ2n) is 11.7. The van der Waals surface area contributed by atoms with Crippen LogP contribution >= 0.6 is 0 Å². The minimum Gasteiger partial charge on any atom is -0.481 e. The summed E-state index contributed by atoms with van der Waals surface area (Å²) in [5.74, 6) is -0.894. The van der Waals surface area contributed by atoms with Crippen LogP contribution in [0.15, 0.2) is 82.5 Å². The van der Waals surface area contributed by atoms with Gasteiger partial charge in [0.25, 0.3) is 11.1 Å². The standard InChI is InChI=1S/C32H35N3O5/c1-31(2,3)24-14-12-22(13-15-24)23-16-17-35(26(36)18-23)19-25-33-27(30(38)40-32(4,5)6)28(29(37)34-25)39-20-21-10-8-7-9-11-21/h7-18H,19-20H2,1-6H3,(H,33,34,37). The molecule has 8 heteroatoms. The fourth-order valence-corrected chi connectivity index (χ4v) is 4.05. The number of carbonyl (C=O) groups is 1. The summed E-state index contributed by atoms with van der Waals surface area (Å²) in [6.07, 6.45) is 1.64. The van der Waals surface area contributed by atoms with E-state index < -0.39 is 17.1 Å². The van der Waals surface area contributed by atoms with Crippen LogP contribution < -0.4 is 15.9 Å². The summed E-state index contributed by atoms with van der Waals surface area (Å²) in [5, 5.41) is 0. The van der Waals surface area contributed by atoms with Crippen LogP contribution in [0, 0.1) is 0 Å². The summed E-state index contributed by atoms with van der Waals surface area (Å²) >= 11 is 0. The number of nitrogens with one attached hydrogen (secondary N) is 1. The highest BCUT2D eigenvalue weighted by Crippen LogP contribution is 2.25. The molecule has 0 aliphatic rings. The molecule has 0 radical (unpaired) electrons. The molecule has 0 bridgehead atoms. The zero-order valence-electron chi connectivity index (χ0n) is 23.8. The van der Waals surface area contributed by atoms with Crippen molar-refractivity contribution < 1.29 is 14.3 Å². The summed E-state index contributed by atoms with van der Waals surface area (Å²) in [4.78, 5) is 46.1. The molecule has 2 heterocycles. The van der Waals surface area contributed by atoms with Crippen molar-refractivity contribution in [1.82, 2.24) is 14.5 Å². The number of H-pyrrole nitrogens is 1. The van der Waals surface area contributed by atoms with Gasteiger partial charge in [0.15, 0.2) is 5.69 Å². The van der Waals surface area contributed by atoms with Crippen LogP contribution in [0.4, 0.5) is 0 Å². The Hall–Kier alpha value is -4.46. The third-order valence-electron chi connectivity index (χ3n) is 6.14. The van der Waals surface area contributed by atoms with Gasteiger partial charge in [-0.1, -0.05) is 75.4 Å². The normalized spacial score (nSPS) is 11.8. The number of hydrogen-bond acceptors (Lipinski definition) is 6. The largest absolute Gasteiger partial charge is 0.481 e. The highest BCUT2D eigenvalue weighted by Gasteiger charge is 2.26. The maximum absolute atomic E-state index is 13.0. The fraction of sp³-hybridized carbons (Fsp3) is 0.312. The molecule has 0 spiro atoms. The Kier molecular flexibility index (Phi) is 8.09. The molecule has 0 amide bonds. The summed E-state index contributed by atoms with van der Waals surface area (Å²) in [7, 11) is 0. The first-order valence-corrected chi connectivity index (χ1v) is 13.1. The maximum Gasteiger partial charge on any atom is 0.361 e. The molecular weight excluding hydrogens is 506 g/mol. The van der Waals surface area contributed by atoms with E-state index >= 15 is 0 Å². The van der Waals surface area contributed by atoms with E-state index in [4.69, 9.17) is 9.47 Å². The van der Waals surface area contributed by atoms with E-state index in [-0.39, 0.29) is 41.4 Å². The van der Waals surface area contributed by atoms with Gasteiger partial charge < -0.3 is 19.0 Å². The van der Waals surface area contributed by atoms with Gasteiger partial charge in [-0.05, 0) is 54.5 Å². The molecule has 40 heavy (non-hydrogen) atoms. The van der Waals surface area contributed by atoms with Gasteiger partial charge in [-0.2, -0.15) is 0 Å². The number of pyridine rings is 1. The van der Waals surface area contributed by atoms with Crippen LogP contribution in [0.2, 0.25) is 0 Å². The molecule has 208 valence electrons. The van der Waals surface area contributed by atoms with Gasteiger partial charge in [0.1, 0.15) is 18.0 Å². The Morgan fingerprint density at radius 1 is 0.900 bits per heavy atom. The lowest BCUT2D eigenvalue weighted by molar-refractivity contribution is 0.00572. The predicted octanol–water partition coefficient (Wildman–Crippen LogP) is 5.48. The van der Waals surface area contributed by atoms with Crippen LogP contribution in [0.1, 0.15) is 69.0 Å². The molecule has 2 aromatic carbocycles. The molecule has 0 atom stereocenters. The second kappa shape index (κ2) is 11.3. The Morgan fingerprint density at radius 2 is 1.57 bits per heavy atom. The number of rotatable bonds is 7. The van der Waals surface area contributed by atoms with Gasteiger partial charge >= 0.3 is 5.97 Å². The highest BCUT2D eigenvalue weighted by atomic mass is 16.6. The van der Waals surface area contributed by atoms with Gasteiger partial charge in [0.2, 0.25) is 5.75 Å². The van der Waals surface area contributed by atoms with Crippen LogP contribution in [0.3, 0.4) is 0 Å². The molecule has 4 rings (SSSR count). The maximum atomic E-state index is 13.0. The number of aromatic amines is 1. The van der Waals surface area contributed by atoms with Crippen molar-refractivity contribution in [3.8, 4) is 16.9 Å². The number of esters is 1. The van der Waals surface area contributed by atoms with Crippen molar-refractivity contribution in [2.75, 3.05) is 0 Å². The van der Waals surface area contributed by atoms with E-state index in [0.29, 0.717) is 0 Å². The second-order valence-corrected chi connectivity index (χ2v) is 11.7. The van der Waals surface area contributed by atoms with E-state index in [1.807, 2.05) is 48.5 Å². The number of hydrogen-bond donors (Lipinski definition) is 1. The van der Waals surface area contributed by atoms with Crippen molar-refractivity contribution >= 4 is 5.97 Å². The van der Waals surface area contributed by atoms with E-state index in [9.17, 15) is 14.4 Å². The highest BCUT2D eigenvalue weighted by molar-refractivity contribution is 5.90. The zero-order valence-corrected chi connectivity index (χ0v) is 23.8. The fourth-order valence-electron chi connectivity index (χ4n) is 4.05. The number of carbonyl (C=O) groups excluding carboxylic acids is 1. The topological polar surface area (TPSA) is 103 Å². The lowest BCUT2D eigenvalue weighted by Crippen LogP contribution is -2.29. The Balaban J connectivity index is 1.62. The van der Waals surface area contributed by atoms with Crippen molar-refractivity contribution in [3.05, 3.63) is 116 Å². The van der Waals surface area contributed by atoms with Crippen LogP contribution in [0.5, 0.6) is 5.75 Å². The first-order valence-electron chi connectivity index (χ1n) is 13.1. The number of benzene rings is 2. The SMILES string of the molecule is CC(C)(C)OC(=O)c1nc(Cn2ccc(-c3ccc(C(C)(C)C)cc3)cc2=O)[nH]c(=O)c1OCc1ccccc1. The van der Waals surface area contributed by atoms with Crippen molar-refractivity contribution in [2.24, 2.45) is 0 Å². The average Bonchev–Trinajstić information content (AvgIpc) is 2.88. The average molecular weight is 542 g/mol. The molecule has 0 aliphatic carbocycles. The lowest BCUT2D eigenvalue weighted by Gasteiger charge is -2.20. The van der Waals surface area contributed by atoms with E-state index in [0.717, 1.165) is 16.7 Å². The molecule has 0 unspecified atom stereocenters. The van der Waals surface area contributed by atoms with E-state index in [2.05, 4.69) is 42.9 Å². The molecule has 0 aliphatic heterocycles. The van der Waals surface area contributed by atoms with Gasteiger partial charge in [-0.3, -0.25) is 9.59 Å². The van der Waals surface area contributed by atoms with Gasteiger partial charge in [0, 0.05) is 12.3 Å². The van der Waals surface area contributed by atoms with Crippen molar-refractivity contribution in [1.29, 1.82) is 0 Å². The smallest absolute Gasteiger partial charge is 0.361 e. The molecule has 2 aromatic heterocycles. The van der Waals surface area contributed by atoms with E-state index in [1.54, 1.807) is 27.0 Å². The minimum absolute atomic E-state index is 0.0339. The lowest BCUT2D eigenvalue weighted by atomic mass is 9.86. The van der Waals surface area contributed by atoms with Gasteiger partial charge in [-0.15, -0.1) is 0 Å². The van der Waals surface area contributed by atoms with Crippen molar-refractivity contribution in [3.63, 3.8) is 0 Å². The zero-order chi connectivity index (χ0) is 29.1. The number of nitrogens with zero attached hydrogens (tertiary/aromatic N) is 2. The third kappa shape index (κ3) is 7.14. The first kappa shape index (κ1) is 28.5. The van der Waals surface area contributed by atoms with Gasteiger partial charge in [0.05, 0.1) is 6.54 Å². The first-order chi connectivity index (χ1) is 18.8. The number of ether oxygens (including phenoxy) is 2. The van der Waals surface area contributed by atoms with Crippen LogP contribution in [-0.4, -0.2) is 26.1 Å². The van der Waals surface area contributed by atoms with Gasteiger partial charge in [-0.25, -0.2) is 9.78 Å². The quantitative estimate of drug-likeness (QED) is 0.311. The summed E-state index contributed by atoms with van der Waals surface area (Å²) < 4.78 is 12.6. The Morgan fingerprint density at radius 3 is 2.17 bits per heavy atom. The third-order valence-corrected chi connectivity index (χ3v) is 6.14. The molecule has 0 saturated heterocycles. The summed E-state index contributed by atoms with van der Waals surface area (Å²) in [6.45, 7) is 11.6. The summed E-state index contributed by atoms with van der Waals surface area (Å²) in [5.41, 5.74) is 1.81. The Bertz CT molecular complexity index is 1610. The molecule has 8 nitrogen and oxygen atoms in total. The molecule has 0 fully saturated rings. The Labute approximate surface area is 233 Å². The number of aromatic nitrogens is 3. The molecule has 1 N–H and O–H groups in total.